The van der Waals surface area contributed by atoms with Crippen LogP contribution in [0.25, 0.3) is 0 Å². The first kappa shape index (κ1) is 15.6. The Balaban J connectivity index is 2.14. The molecule has 0 aromatic heterocycles. The van der Waals surface area contributed by atoms with E-state index in [1.54, 1.807) is 0 Å². The van der Waals surface area contributed by atoms with Crippen molar-refractivity contribution < 1.29 is 24.3 Å². The summed E-state index contributed by atoms with van der Waals surface area (Å²) in [6.45, 7) is -0.0148. The van der Waals surface area contributed by atoms with Gasteiger partial charge >= 0.3 is 141 Å². The van der Waals surface area contributed by atoms with Crippen molar-refractivity contribution in [3.63, 3.8) is 0 Å². The number of aromatic carboxylic acids is 1. The molecule has 1 aliphatic rings. The maximum absolute atomic E-state index is 11.5. The number of rotatable bonds is 4. The van der Waals surface area contributed by atoms with Crippen molar-refractivity contribution in [2.24, 2.45) is 0 Å². The van der Waals surface area contributed by atoms with E-state index in [2.05, 4.69) is 0 Å². The number of nitro benzene ring substituents is 1. The molecule has 0 bridgehead atoms. The van der Waals surface area contributed by atoms with Crippen LogP contribution in [0.3, 0.4) is 0 Å². The van der Waals surface area contributed by atoms with Gasteiger partial charge in [-0.1, -0.05) is 0 Å². The number of nitrogens with zero attached hydrogens (tertiary/aromatic N) is 1. The molecule has 1 aliphatic heterocycles. The van der Waals surface area contributed by atoms with Crippen molar-refractivity contribution in [3.05, 3.63) is 51.0 Å². The molecule has 0 atom stereocenters. The average Bonchev–Trinajstić information content (AvgIpc) is 2.95. The van der Waals surface area contributed by atoms with Gasteiger partial charge in [-0.3, -0.25) is 0 Å². The molecule has 0 radical (unpaired) electrons. The Morgan fingerprint density at radius 3 is 2.78 bits per heavy atom. The molecule has 0 unspecified atom stereocenters. The average molecular weight is 401 g/mol. The zero-order valence-electron chi connectivity index (χ0n) is 11.3. The Kier molecular flexibility index (Phi) is 4.12. The molecule has 2 aromatic carbocycles. The van der Waals surface area contributed by atoms with Crippen molar-refractivity contribution in [1.29, 1.82) is 0 Å². The van der Waals surface area contributed by atoms with E-state index in [1.807, 2.05) is 0 Å². The van der Waals surface area contributed by atoms with E-state index in [9.17, 15) is 20.0 Å². The van der Waals surface area contributed by atoms with Gasteiger partial charge in [0, 0.05) is 0 Å². The van der Waals surface area contributed by atoms with Crippen LogP contribution in [-0.4, -0.2) is 37.7 Å². The van der Waals surface area contributed by atoms with Crippen LogP contribution in [0.5, 0.6) is 11.5 Å². The van der Waals surface area contributed by atoms with E-state index in [1.165, 1.54) is 30.3 Å². The molecule has 1 N–H and O–H groups in total. The Labute approximate surface area is 141 Å². The SMILES string of the molecule is O=C(O)c1ccc2c(c1[Se]c1cc(Cl)ccc1[N+](=O)[O-])OCO2. The third-order valence-electron chi connectivity index (χ3n) is 3.05. The van der Waals surface area contributed by atoms with Gasteiger partial charge in [-0.2, -0.15) is 0 Å². The number of carboxylic acids is 1. The monoisotopic (exact) mass is 401 g/mol. The Morgan fingerprint density at radius 2 is 2.09 bits per heavy atom. The van der Waals surface area contributed by atoms with E-state index in [0.29, 0.717) is 25.4 Å². The van der Waals surface area contributed by atoms with Gasteiger partial charge in [-0.25, -0.2) is 0 Å². The first-order chi connectivity index (χ1) is 11.0. The molecular weight excluding hydrogens is 393 g/mol. The molecule has 118 valence electrons. The fourth-order valence-corrected chi connectivity index (χ4v) is 4.82. The third kappa shape index (κ3) is 2.96. The van der Waals surface area contributed by atoms with Gasteiger partial charge < -0.3 is 0 Å². The van der Waals surface area contributed by atoms with Crippen molar-refractivity contribution in [2.45, 2.75) is 0 Å². The van der Waals surface area contributed by atoms with Crippen molar-refractivity contribution in [3.8, 4) is 11.5 Å². The van der Waals surface area contributed by atoms with Crippen molar-refractivity contribution >= 4 is 47.1 Å². The second-order valence-corrected chi connectivity index (χ2v) is 7.10. The maximum atomic E-state index is 11.5. The molecular formula is C14H8ClNO6Se. The number of benzene rings is 2. The first-order valence-electron chi connectivity index (χ1n) is 6.25. The van der Waals surface area contributed by atoms with Crippen LogP contribution in [0.2, 0.25) is 5.02 Å². The molecule has 0 spiro atoms. The minimum absolute atomic E-state index is 0.0148. The fourth-order valence-electron chi connectivity index (χ4n) is 2.05. The summed E-state index contributed by atoms with van der Waals surface area (Å²) in [5.41, 5.74) is -0.0780. The van der Waals surface area contributed by atoms with Gasteiger partial charge in [-0.15, -0.1) is 0 Å². The number of fused-ring (bicyclic) bond motifs is 1. The third-order valence-corrected chi connectivity index (χ3v) is 5.72. The summed E-state index contributed by atoms with van der Waals surface area (Å²) in [5.74, 6) is -0.388. The number of nitro groups is 1. The summed E-state index contributed by atoms with van der Waals surface area (Å²) in [7, 11) is 0. The van der Waals surface area contributed by atoms with Gasteiger partial charge in [0.15, 0.2) is 0 Å². The van der Waals surface area contributed by atoms with E-state index in [0.717, 1.165) is 0 Å². The van der Waals surface area contributed by atoms with Crippen molar-refractivity contribution in [2.75, 3.05) is 6.79 Å². The van der Waals surface area contributed by atoms with Crippen LogP contribution in [0, 0.1) is 10.1 Å². The number of ether oxygens (including phenoxy) is 2. The van der Waals surface area contributed by atoms with Gasteiger partial charge in [0.1, 0.15) is 0 Å². The number of hydrogen-bond donors (Lipinski definition) is 1. The predicted molar refractivity (Wildman–Crippen MR) is 82.7 cm³/mol. The Bertz CT molecular complexity index is 825. The van der Waals surface area contributed by atoms with E-state index in [4.69, 9.17) is 21.1 Å². The number of halogens is 1. The summed E-state index contributed by atoms with van der Waals surface area (Å²) in [6.07, 6.45) is 0. The fraction of sp³-hybridized carbons (Fsp3) is 0.0714. The van der Waals surface area contributed by atoms with Crippen LogP contribution >= 0.6 is 11.6 Å². The quantitative estimate of drug-likeness (QED) is 0.472. The summed E-state index contributed by atoms with van der Waals surface area (Å²) < 4.78 is 11.3. The molecule has 0 aliphatic carbocycles. The summed E-state index contributed by atoms with van der Waals surface area (Å²) >= 11 is 5.23. The molecule has 0 fully saturated rings. The second-order valence-electron chi connectivity index (χ2n) is 4.45. The summed E-state index contributed by atoms with van der Waals surface area (Å²) in [4.78, 5) is 22.1. The molecule has 7 nitrogen and oxygen atoms in total. The first-order valence-corrected chi connectivity index (χ1v) is 8.34. The molecule has 3 rings (SSSR count). The van der Waals surface area contributed by atoms with E-state index < -0.39 is 25.8 Å². The topological polar surface area (TPSA) is 98.9 Å². The predicted octanol–water partition coefficient (Wildman–Crippen LogP) is 1.33. The van der Waals surface area contributed by atoms with Gasteiger partial charge in [0.2, 0.25) is 0 Å². The zero-order valence-corrected chi connectivity index (χ0v) is 13.8. The molecule has 9 heteroatoms. The Morgan fingerprint density at radius 1 is 1.30 bits per heavy atom. The van der Waals surface area contributed by atoms with Crippen molar-refractivity contribution in [1.82, 2.24) is 0 Å². The van der Waals surface area contributed by atoms with Crippen LogP contribution in [0.1, 0.15) is 10.4 Å². The normalized spacial score (nSPS) is 12.2. The van der Waals surface area contributed by atoms with Crippen LogP contribution in [0.15, 0.2) is 30.3 Å². The summed E-state index contributed by atoms with van der Waals surface area (Å²) in [6, 6.07) is 7.12. The molecule has 0 saturated carbocycles. The Hall–Kier alpha value is -2.28. The number of carboxylic acid groups (broad SMARTS) is 1. The molecule has 1 heterocycles. The molecule has 0 amide bonds. The number of hydrogen-bond acceptors (Lipinski definition) is 5. The minimum atomic E-state index is -1.13. The molecule has 2 aromatic rings. The molecule has 23 heavy (non-hydrogen) atoms. The number of carbonyl (C=O) groups is 1. The summed E-state index contributed by atoms with van der Waals surface area (Å²) in [5, 5.41) is 20.9. The van der Waals surface area contributed by atoms with E-state index in [-0.39, 0.29) is 18.0 Å². The van der Waals surface area contributed by atoms with Crippen LogP contribution < -0.4 is 18.4 Å². The van der Waals surface area contributed by atoms with Gasteiger partial charge in [-0.05, 0) is 0 Å². The van der Waals surface area contributed by atoms with Gasteiger partial charge in [0.25, 0.3) is 0 Å². The zero-order chi connectivity index (χ0) is 16.6. The second kappa shape index (κ2) is 6.08. The molecule has 0 saturated heterocycles. The van der Waals surface area contributed by atoms with Gasteiger partial charge in [0.05, 0.1) is 0 Å². The van der Waals surface area contributed by atoms with E-state index >= 15 is 0 Å². The van der Waals surface area contributed by atoms with Crippen LogP contribution in [0.4, 0.5) is 5.69 Å². The van der Waals surface area contributed by atoms with Crippen LogP contribution in [-0.2, 0) is 0 Å². The standard InChI is InChI=1S/C14H8ClNO6Se/c15-7-1-3-9(16(19)20)11(5-7)23-13-8(14(17)18)2-4-10-12(13)22-6-21-10/h1-5H,6H2,(H,17,18).